The number of carbonyl (C=O) groups is 1. The zero-order valence-corrected chi connectivity index (χ0v) is 9.87. The lowest BCUT2D eigenvalue weighted by Gasteiger charge is -2.05. The predicted molar refractivity (Wildman–Crippen MR) is 72.7 cm³/mol. The molecule has 3 aromatic rings. The smallest absolute Gasteiger partial charge is 0.279 e. The van der Waals surface area contributed by atoms with E-state index in [9.17, 15) is 9.70 Å². The number of hydrogen-bond acceptors (Lipinski definition) is 4. The fourth-order valence-electron chi connectivity index (χ4n) is 2.23. The molecule has 0 amide bonds. The molecule has 0 saturated heterocycles. The van der Waals surface area contributed by atoms with E-state index in [2.05, 4.69) is 10.2 Å². The third-order valence-electron chi connectivity index (χ3n) is 3.09. The van der Waals surface area contributed by atoms with Gasteiger partial charge in [-0.15, -0.1) is 4.91 Å². The molecule has 0 spiro atoms. The van der Waals surface area contributed by atoms with Crippen LogP contribution in [0.4, 0.5) is 0 Å². The molecular weight excluding hydrogens is 242 g/mol. The van der Waals surface area contributed by atoms with Crippen molar-refractivity contribution < 1.29 is 9.63 Å². The van der Waals surface area contributed by atoms with Crippen molar-refractivity contribution in [1.29, 1.82) is 0 Å². The first-order valence-corrected chi connectivity index (χ1v) is 5.75. The van der Waals surface area contributed by atoms with Crippen molar-refractivity contribution >= 4 is 27.5 Å². The van der Waals surface area contributed by atoms with Crippen LogP contribution in [0, 0.1) is 4.91 Å². The van der Waals surface area contributed by atoms with Crippen LogP contribution in [0.2, 0.25) is 0 Å². The van der Waals surface area contributed by atoms with Crippen LogP contribution in [0.1, 0.15) is 10.4 Å². The maximum atomic E-state index is 11.7. The van der Waals surface area contributed by atoms with Crippen molar-refractivity contribution in [2.75, 3.05) is 0 Å². The van der Waals surface area contributed by atoms with Crippen molar-refractivity contribution in [3.8, 4) is 0 Å². The maximum absolute atomic E-state index is 11.7. The summed E-state index contributed by atoms with van der Waals surface area (Å²) in [6.45, 7) is 0. The van der Waals surface area contributed by atoms with E-state index in [1.807, 2.05) is 42.5 Å². The third-order valence-corrected chi connectivity index (χ3v) is 3.09. The third kappa shape index (κ3) is 1.93. The van der Waals surface area contributed by atoms with Gasteiger partial charge in [-0.1, -0.05) is 36.4 Å². The summed E-state index contributed by atoms with van der Waals surface area (Å²) < 4.78 is 0. The Morgan fingerprint density at radius 2 is 1.58 bits per heavy atom. The fraction of sp³-hybridized carbons (Fsp3) is 0. The molecule has 0 bridgehead atoms. The molecule has 3 aromatic carbocycles. The van der Waals surface area contributed by atoms with Gasteiger partial charge in [0, 0.05) is 0 Å². The minimum atomic E-state index is -0.740. The highest BCUT2D eigenvalue weighted by molar-refractivity contribution is 6.08. The molecule has 0 aliphatic heterocycles. The average Bonchev–Trinajstić information content (AvgIpc) is 2.44. The molecule has 92 valence electrons. The quantitative estimate of drug-likeness (QED) is 0.395. The van der Waals surface area contributed by atoms with Crippen LogP contribution >= 0.6 is 0 Å². The van der Waals surface area contributed by atoms with Crippen LogP contribution in [0.3, 0.4) is 0 Å². The molecule has 0 aliphatic carbocycles. The summed E-state index contributed by atoms with van der Waals surface area (Å²) in [6.07, 6.45) is 0. The van der Waals surface area contributed by atoms with Gasteiger partial charge in [-0.05, 0) is 39.7 Å². The minimum Gasteiger partial charge on any atom is -0.279 e. The minimum absolute atomic E-state index is 0.336. The Morgan fingerprint density at radius 1 is 0.895 bits per heavy atom. The van der Waals surface area contributed by atoms with Gasteiger partial charge in [-0.3, -0.25) is 4.84 Å². The molecule has 0 aliphatic rings. The second kappa shape index (κ2) is 4.49. The fourth-order valence-corrected chi connectivity index (χ4v) is 2.23. The van der Waals surface area contributed by atoms with Crippen molar-refractivity contribution in [2.45, 2.75) is 0 Å². The molecule has 4 heteroatoms. The molecule has 4 nitrogen and oxygen atoms in total. The molecule has 3 rings (SSSR count). The first-order valence-electron chi connectivity index (χ1n) is 5.75. The Morgan fingerprint density at radius 3 is 2.32 bits per heavy atom. The lowest BCUT2D eigenvalue weighted by Crippen LogP contribution is -2.00. The van der Waals surface area contributed by atoms with E-state index in [1.54, 1.807) is 12.1 Å². The molecule has 0 radical (unpaired) electrons. The monoisotopic (exact) mass is 251 g/mol. The Hall–Kier alpha value is -2.75. The zero-order chi connectivity index (χ0) is 13.2. The highest BCUT2D eigenvalue weighted by atomic mass is 16.7. The molecule has 0 heterocycles. The SMILES string of the molecule is O=NOC(=O)c1cccc2cc3ccccc3cc12. The van der Waals surface area contributed by atoms with Gasteiger partial charge in [0.2, 0.25) is 0 Å². The Kier molecular flexibility index (Phi) is 2.68. The number of benzene rings is 3. The van der Waals surface area contributed by atoms with Crippen LogP contribution in [-0.4, -0.2) is 5.97 Å². The van der Waals surface area contributed by atoms with Gasteiger partial charge in [0.15, 0.2) is 5.34 Å². The van der Waals surface area contributed by atoms with Crippen LogP contribution < -0.4 is 0 Å². The number of carbonyl (C=O) groups excluding carboxylic acids is 1. The molecular formula is C15H9NO3. The van der Waals surface area contributed by atoms with Crippen molar-refractivity contribution in [3.05, 3.63) is 65.1 Å². The Bertz CT molecular complexity index is 796. The molecule has 19 heavy (non-hydrogen) atoms. The molecule has 0 saturated carbocycles. The number of fused-ring (bicyclic) bond motifs is 2. The number of nitrogens with zero attached hydrogens (tertiary/aromatic N) is 1. The van der Waals surface area contributed by atoms with Crippen molar-refractivity contribution in [2.24, 2.45) is 5.34 Å². The number of hydrogen-bond donors (Lipinski definition) is 0. The largest absolute Gasteiger partial charge is 0.369 e. The second-order valence-corrected chi connectivity index (χ2v) is 4.18. The lowest BCUT2D eigenvalue weighted by atomic mass is 10.00. The van der Waals surface area contributed by atoms with Gasteiger partial charge in [-0.2, -0.15) is 0 Å². The summed E-state index contributed by atoms with van der Waals surface area (Å²) in [5, 5.41) is 5.96. The summed E-state index contributed by atoms with van der Waals surface area (Å²) in [7, 11) is 0. The van der Waals surface area contributed by atoms with Crippen molar-refractivity contribution in [3.63, 3.8) is 0 Å². The maximum Gasteiger partial charge on any atom is 0.369 e. The zero-order valence-electron chi connectivity index (χ0n) is 9.87. The van der Waals surface area contributed by atoms with E-state index in [-0.39, 0.29) is 0 Å². The highest BCUT2D eigenvalue weighted by Crippen LogP contribution is 2.25. The molecule has 0 N–H and O–H groups in total. The highest BCUT2D eigenvalue weighted by Gasteiger charge is 2.12. The van der Waals surface area contributed by atoms with E-state index >= 15 is 0 Å². The standard InChI is InChI=1S/C15H9NO3/c17-15(19-16-18)13-7-3-6-12-8-10-4-1-2-5-11(10)9-14(12)13/h1-9H. The van der Waals surface area contributed by atoms with Gasteiger partial charge in [0.1, 0.15) is 0 Å². The van der Waals surface area contributed by atoms with E-state index in [1.165, 1.54) is 0 Å². The first-order chi connectivity index (χ1) is 9.29. The van der Waals surface area contributed by atoms with Crippen molar-refractivity contribution in [1.82, 2.24) is 0 Å². The van der Waals surface area contributed by atoms with E-state index < -0.39 is 5.97 Å². The lowest BCUT2D eigenvalue weighted by molar-refractivity contribution is 0.0510. The van der Waals surface area contributed by atoms with E-state index in [0.717, 1.165) is 21.5 Å². The van der Waals surface area contributed by atoms with E-state index in [0.29, 0.717) is 5.56 Å². The molecule has 0 atom stereocenters. The van der Waals surface area contributed by atoms with Gasteiger partial charge < -0.3 is 0 Å². The summed E-state index contributed by atoms with van der Waals surface area (Å²) in [5.74, 6) is -0.740. The number of rotatable bonds is 2. The van der Waals surface area contributed by atoms with Crippen LogP contribution in [-0.2, 0) is 4.84 Å². The normalized spacial score (nSPS) is 10.5. The van der Waals surface area contributed by atoms with E-state index in [4.69, 9.17) is 0 Å². The summed E-state index contributed by atoms with van der Waals surface area (Å²) in [6, 6.07) is 17.0. The van der Waals surface area contributed by atoms with Gasteiger partial charge in [0.25, 0.3) is 0 Å². The second-order valence-electron chi connectivity index (χ2n) is 4.18. The summed E-state index contributed by atoms with van der Waals surface area (Å²) in [5.41, 5.74) is 0.336. The Balaban J connectivity index is 2.32. The summed E-state index contributed by atoms with van der Waals surface area (Å²) in [4.78, 5) is 25.9. The molecule has 0 fully saturated rings. The van der Waals surface area contributed by atoms with Gasteiger partial charge >= 0.3 is 5.97 Å². The average molecular weight is 251 g/mol. The Labute approximate surface area is 108 Å². The van der Waals surface area contributed by atoms with Gasteiger partial charge in [-0.25, -0.2) is 4.79 Å². The van der Waals surface area contributed by atoms with Crippen LogP contribution in [0.5, 0.6) is 0 Å². The topological polar surface area (TPSA) is 55.7 Å². The van der Waals surface area contributed by atoms with Crippen LogP contribution in [0.25, 0.3) is 21.5 Å². The molecule has 0 aromatic heterocycles. The van der Waals surface area contributed by atoms with Crippen LogP contribution in [0.15, 0.2) is 59.9 Å². The summed E-state index contributed by atoms with van der Waals surface area (Å²) >= 11 is 0. The molecule has 0 unspecified atom stereocenters. The predicted octanol–water partition coefficient (Wildman–Crippen LogP) is 3.83. The first kappa shape index (κ1) is 11.3. The van der Waals surface area contributed by atoms with Gasteiger partial charge in [0.05, 0.1) is 5.56 Å².